The van der Waals surface area contributed by atoms with Gasteiger partial charge in [-0.15, -0.1) is 0 Å². The van der Waals surface area contributed by atoms with E-state index in [4.69, 9.17) is 16.7 Å². The van der Waals surface area contributed by atoms with Gasteiger partial charge in [-0.2, -0.15) is 0 Å². The van der Waals surface area contributed by atoms with E-state index in [0.29, 0.717) is 5.02 Å². The number of carbonyl (C=O) groups is 2. The number of amides is 1. The van der Waals surface area contributed by atoms with Gasteiger partial charge in [-0.3, -0.25) is 9.59 Å². The molecule has 0 aliphatic rings. The highest BCUT2D eigenvalue weighted by atomic mass is 35.5. The predicted molar refractivity (Wildman–Crippen MR) is 65.0 cm³/mol. The number of hydrogen-bond donors (Lipinski definition) is 2. The molecule has 4 nitrogen and oxygen atoms in total. The lowest BCUT2D eigenvalue weighted by Crippen LogP contribution is -2.35. The molecule has 0 aromatic heterocycles. The fraction of sp³-hybridized carbons (Fsp3) is 0.333. The van der Waals surface area contributed by atoms with E-state index in [1.54, 1.807) is 31.2 Å². The van der Waals surface area contributed by atoms with Crippen molar-refractivity contribution in [3.63, 3.8) is 0 Å². The molecule has 0 spiro atoms. The van der Waals surface area contributed by atoms with Gasteiger partial charge < -0.3 is 10.4 Å². The maximum Gasteiger partial charge on any atom is 0.305 e. The fourth-order valence-electron chi connectivity index (χ4n) is 1.47. The summed E-state index contributed by atoms with van der Waals surface area (Å²) >= 11 is 5.79. The smallest absolute Gasteiger partial charge is 0.305 e. The van der Waals surface area contributed by atoms with Crippen LogP contribution in [0.5, 0.6) is 0 Å². The van der Waals surface area contributed by atoms with Gasteiger partial charge in [0.25, 0.3) is 0 Å². The van der Waals surface area contributed by atoms with Crippen molar-refractivity contribution in [3.05, 3.63) is 34.9 Å². The second-order valence-corrected chi connectivity index (χ2v) is 4.31. The third-order valence-corrected chi connectivity index (χ3v) is 2.38. The SMILES string of the molecule is CC(CC(=O)O)NC(=O)Cc1cccc(Cl)c1. The van der Waals surface area contributed by atoms with Crippen LogP contribution in [0.1, 0.15) is 18.9 Å². The number of hydrogen-bond acceptors (Lipinski definition) is 2. The lowest BCUT2D eigenvalue weighted by atomic mass is 10.1. The van der Waals surface area contributed by atoms with Gasteiger partial charge in [0.2, 0.25) is 5.91 Å². The van der Waals surface area contributed by atoms with Crippen LogP contribution >= 0.6 is 11.6 Å². The van der Waals surface area contributed by atoms with Gasteiger partial charge in [0.1, 0.15) is 0 Å². The predicted octanol–water partition coefficient (Wildman–Crippen LogP) is 1.86. The number of carbonyl (C=O) groups excluding carboxylic acids is 1. The van der Waals surface area contributed by atoms with E-state index in [1.807, 2.05) is 0 Å². The van der Waals surface area contributed by atoms with Gasteiger partial charge in [-0.05, 0) is 24.6 Å². The van der Waals surface area contributed by atoms with Crippen molar-refractivity contribution in [3.8, 4) is 0 Å². The standard InChI is InChI=1S/C12H14ClNO3/c1-8(5-12(16)17)14-11(15)7-9-3-2-4-10(13)6-9/h2-4,6,8H,5,7H2,1H3,(H,14,15)(H,16,17). The molecule has 0 bridgehead atoms. The number of aliphatic carboxylic acids is 1. The van der Waals surface area contributed by atoms with Crippen LogP contribution in [-0.2, 0) is 16.0 Å². The molecule has 1 aromatic rings. The Labute approximate surface area is 105 Å². The highest BCUT2D eigenvalue weighted by Crippen LogP contribution is 2.11. The lowest BCUT2D eigenvalue weighted by Gasteiger charge is -2.11. The zero-order valence-electron chi connectivity index (χ0n) is 9.44. The molecule has 1 atom stereocenters. The highest BCUT2D eigenvalue weighted by Gasteiger charge is 2.11. The van der Waals surface area contributed by atoms with Crippen molar-refractivity contribution in [1.82, 2.24) is 5.32 Å². The average Bonchev–Trinajstić information content (AvgIpc) is 2.14. The molecule has 1 rings (SSSR count). The molecule has 1 unspecified atom stereocenters. The zero-order valence-corrected chi connectivity index (χ0v) is 10.2. The van der Waals surface area contributed by atoms with Crippen molar-refractivity contribution in [2.45, 2.75) is 25.8 Å². The summed E-state index contributed by atoms with van der Waals surface area (Å²) in [4.78, 5) is 22.0. The molecule has 1 amide bonds. The average molecular weight is 256 g/mol. The summed E-state index contributed by atoms with van der Waals surface area (Å²) in [6.07, 6.45) is 0.117. The van der Waals surface area contributed by atoms with E-state index < -0.39 is 5.97 Å². The molecule has 0 fully saturated rings. The molecule has 92 valence electrons. The van der Waals surface area contributed by atoms with E-state index in [0.717, 1.165) is 5.56 Å². The van der Waals surface area contributed by atoms with Crippen molar-refractivity contribution >= 4 is 23.5 Å². The second kappa shape index (κ2) is 6.25. The molecular weight excluding hydrogens is 242 g/mol. The Kier molecular flexibility index (Phi) is 4.97. The Bertz CT molecular complexity index is 420. The number of rotatable bonds is 5. The zero-order chi connectivity index (χ0) is 12.8. The van der Waals surface area contributed by atoms with Crippen LogP contribution in [0.3, 0.4) is 0 Å². The molecule has 0 radical (unpaired) electrons. The molecule has 0 heterocycles. The largest absolute Gasteiger partial charge is 0.481 e. The van der Waals surface area contributed by atoms with Crippen LogP contribution < -0.4 is 5.32 Å². The molecular formula is C12H14ClNO3. The molecule has 2 N–H and O–H groups in total. The van der Waals surface area contributed by atoms with E-state index in [2.05, 4.69) is 5.32 Å². The van der Waals surface area contributed by atoms with Gasteiger partial charge in [0.15, 0.2) is 0 Å². The number of nitrogens with one attached hydrogen (secondary N) is 1. The Morgan fingerprint density at radius 3 is 2.76 bits per heavy atom. The molecule has 0 saturated carbocycles. The van der Waals surface area contributed by atoms with Gasteiger partial charge >= 0.3 is 5.97 Å². The monoisotopic (exact) mass is 255 g/mol. The number of carboxylic acid groups (broad SMARTS) is 1. The topological polar surface area (TPSA) is 66.4 Å². The summed E-state index contributed by atoms with van der Waals surface area (Å²) in [5, 5.41) is 11.7. The summed E-state index contributed by atoms with van der Waals surface area (Å²) in [6.45, 7) is 1.66. The van der Waals surface area contributed by atoms with Crippen LogP contribution in [0.15, 0.2) is 24.3 Å². The van der Waals surface area contributed by atoms with Crippen LogP contribution in [0, 0.1) is 0 Å². The van der Waals surface area contributed by atoms with Crippen LogP contribution in [0.2, 0.25) is 5.02 Å². The number of carboxylic acids is 1. The molecule has 0 aliphatic heterocycles. The molecule has 17 heavy (non-hydrogen) atoms. The Hall–Kier alpha value is -1.55. The van der Waals surface area contributed by atoms with Crippen molar-refractivity contribution in [2.24, 2.45) is 0 Å². The first-order chi connectivity index (χ1) is 7.97. The van der Waals surface area contributed by atoms with Crippen molar-refractivity contribution in [1.29, 1.82) is 0 Å². The van der Waals surface area contributed by atoms with Gasteiger partial charge in [-0.1, -0.05) is 23.7 Å². The summed E-state index contributed by atoms with van der Waals surface area (Å²) in [6, 6.07) is 6.64. The van der Waals surface area contributed by atoms with Crippen molar-refractivity contribution in [2.75, 3.05) is 0 Å². The normalized spacial score (nSPS) is 11.9. The van der Waals surface area contributed by atoms with Crippen LogP contribution in [0.4, 0.5) is 0 Å². The quantitative estimate of drug-likeness (QED) is 0.844. The highest BCUT2D eigenvalue weighted by molar-refractivity contribution is 6.30. The second-order valence-electron chi connectivity index (χ2n) is 3.87. The van der Waals surface area contributed by atoms with Gasteiger partial charge in [0, 0.05) is 11.1 Å². The maximum absolute atomic E-state index is 11.6. The van der Waals surface area contributed by atoms with E-state index in [1.165, 1.54) is 0 Å². The summed E-state index contributed by atoms with van der Waals surface area (Å²) in [5.74, 6) is -1.14. The Morgan fingerprint density at radius 2 is 2.18 bits per heavy atom. The first-order valence-electron chi connectivity index (χ1n) is 5.23. The Balaban J connectivity index is 2.47. The molecule has 0 aliphatic carbocycles. The van der Waals surface area contributed by atoms with Crippen LogP contribution in [0.25, 0.3) is 0 Å². The maximum atomic E-state index is 11.6. The minimum atomic E-state index is -0.930. The van der Waals surface area contributed by atoms with E-state index >= 15 is 0 Å². The molecule has 1 aromatic carbocycles. The third-order valence-electron chi connectivity index (χ3n) is 2.14. The van der Waals surface area contributed by atoms with E-state index in [9.17, 15) is 9.59 Å². The first-order valence-corrected chi connectivity index (χ1v) is 5.61. The third kappa shape index (κ3) is 5.36. The molecule has 5 heteroatoms. The number of benzene rings is 1. The lowest BCUT2D eigenvalue weighted by molar-refractivity contribution is -0.137. The Morgan fingerprint density at radius 1 is 1.47 bits per heavy atom. The molecule has 0 saturated heterocycles. The first kappa shape index (κ1) is 13.5. The minimum Gasteiger partial charge on any atom is -0.481 e. The fourth-order valence-corrected chi connectivity index (χ4v) is 1.68. The van der Waals surface area contributed by atoms with Gasteiger partial charge in [0.05, 0.1) is 12.8 Å². The summed E-state index contributed by atoms with van der Waals surface area (Å²) < 4.78 is 0. The van der Waals surface area contributed by atoms with E-state index in [-0.39, 0.29) is 24.8 Å². The van der Waals surface area contributed by atoms with Crippen molar-refractivity contribution < 1.29 is 14.7 Å². The summed E-state index contributed by atoms with van der Waals surface area (Å²) in [7, 11) is 0. The summed E-state index contributed by atoms with van der Waals surface area (Å²) in [5.41, 5.74) is 0.803. The number of halogens is 1. The van der Waals surface area contributed by atoms with Gasteiger partial charge in [-0.25, -0.2) is 0 Å². The van der Waals surface area contributed by atoms with Crippen LogP contribution in [-0.4, -0.2) is 23.0 Å². The minimum absolute atomic E-state index is 0.0821.